The molecule has 2 N–H and O–H groups in total. The van der Waals surface area contributed by atoms with E-state index in [1.165, 1.54) is 0 Å². The van der Waals surface area contributed by atoms with Gasteiger partial charge in [-0.2, -0.15) is 0 Å². The Balaban J connectivity index is 1.64. The van der Waals surface area contributed by atoms with Gasteiger partial charge in [0.2, 0.25) is 5.91 Å². The number of amides is 1. The maximum atomic E-state index is 11.9. The van der Waals surface area contributed by atoms with E-state index in [1.807, 2.05) is 49.4 Å². The Morgan fingerprint density at radius 2 is 1.69 bits per heavy atom. The van der Waals surface area contributed by atoms with Crippen LogP contribution in [-0.4, -0.2) is 39.8 Å². The Bertz CT molecular complexity index is 701. The van der Waals surface area contributed by atoms with Crippen molar-refractivity contribution in [3.8, 4) is 17.2 Å². The number of carbonyl (C=O) groups excluding carboxylic acids is 1. The highest BCUT2D eigenvalue weighted by atomic mass is 16.5. The normalized spacial score (nSPS) is 10.1. The van der Waals surface area contributed by atoms with Gasteiger partial charge in [0.15, 0.2) is 0 Å². The van der Waals surface area contributed by atoms with Crippen molar-refractivity contribution in [3.05, 3.63) is 48.0 Å². The molecule has 6 heteroatoms. The maximum absolute atomic E-state index is 11.9. The van der Waals surface area contributed by atoms with E-state index in [0.717, 1.165) is 28.5 Å². The Labute approximate surface area is 154 Å². The van der Waals surface area contributed by atoms with Gasteiger partial charge in [-0.25, -0.2) is 0 Å². The third-order valence-electron chi connectivity index (χ3n) is 3.77. The first-order valence-electron chi connectivity index (χ1n) is 8.54. The summed E-state index contributed by atoms with van der Waals surface area (Å²) in [4.78, 5) is 11.9. The average molecular weight is 358 g/mol. The van der Waals surface area contributed by atoms with Crippen LogP contribution in [0.4, 0.5) is 5.69 Å². The zero-order chi connectivity index (χ0) is 18.8. The molecule has 0 unspecified atom stereocenters. The summed E-state index contributed by atoms with van der Waals surface area (Å²) in [6.45, 7) is 3.42. The van der Waals surface area contributed by atoms with Crippen LogP contribution in [0.15, 0.2) is 42.5 Å². The molecule has 0 aliphatic heterocycles. The van der Waals surface area contributed by atoms with Gasteiger partial charge in [-0.3, -0.25) is 4.79 Å². The van der Waals surface area contributed by atoms with Crippen LogP contribution in [0.5, 0.6) is 17.2 Å². The molecule has 2 rings (SSSR count). The molecular formula is C20H26N2O4. The zero-order valence-corrected chi connectivity index (χ0v) is 15.5. The molecule has 2 aromatic carbocycles. The lowest BCUT2D eigenvalue weighted by atomic mass is 10.2. The van der Waals surface area contributed by atoms with E-state index >= 15 is 0 Å². The second-order valence-corrected chi connectivity index (χ2v) is 5.75. The van der Waals surface area contributed by atoms with Gasteiger partial charge in [0, 0.05) is 13.0 Å². The summed E-state index contributed by atoms with van der Waals surface area (Å²) < 4.78 is 16.0. The lowest BCUT2D eigenvalue weighted by molar-refractivity contribution is -0.120. The molecule has 26 heavy (non-hydrogen) atoms. The van der Waals surface area contributed by atoms with E-state index < -0.39 is 0 Å². The van der Waals surface area contributed by atoms with E-state index in [-0.39, 0.29) is 5.91 Å². The quantitative estimate of drug-likeness (QED) is 0.639. The molecular weight excluding hydrogens is 332 g/mol. The highest BCUT2D eigenvalue weighted by Gasteiger charge is 2.05. The fourth-order valence-electron chi connectivity index (χ4n) is 2.39. The first-order chi connectivity index (χ1) is 12.6. The lowest BCUT2D eigenvalue weighted by Crippen LogP contribution is -2.29. The van der Waals surface area contributed by atoms with Gasteiger partial charge in [0.25, 0.3) is 0 Å². The molecule has 2 aromatic rings. The van der Waals surface area contributed by atoms with E-state index in [4.69, 9.17) is 14.2 Å². The minimum atomic E-state index is -0.0255. The van der Waals surface area contributed by atoms with Gasteiger partial charge >= 0.3 is 0 Å². The minimum Gasteiger partial charge on any atom is -0.497 e. The van der Waals surface area contributed by atoms with Crippen LogP contribution in [0.2, 0.25) is 0 Å². The van der Waals surface area contributed by atoms with Crippen molar-refractivity contribution < 1.29 is 19.0 Å². The summed E-state index contributed by atoms with van der Waals surface area (Å²) in [6.07, 6.45) is 0.375. The Kier molecular flexibility index (Phi) is 7.61. The molecule has 0 saturated carbocycles. The second kappa shape index (κ2) is 10.2. The number of aryl methyl sites for hydroxylation is 1. The van der Waals surface area contributed by atoms with Gasteiger partial charge in [-0.1, -0.05) is 6.07 Å². The van der Waals surface area contributed by atoms with Crippen molar-refractivity contribution >= 4 is 11.6 Å². The molecule has 0 aliphatic carbocycles. The van der Waals surface area contributed by atoms with Crippen molar-refractivity contribution in [2.45, 2.75) is 13.3 Å². The largest absolute Gasteiger partial charge is 0.497 e. The number of rotatable bonds is 10. The molecule has 1 amide bonds. The third kappa shape index (κ3) is 6.20. The van der Waals surface area contributed by atoms with Crippen molar-refractivity contribution in [2.75, 3.05) is 39.2 Å². The first-order valence-corrected chi connectivity index (χ1v) is 8.54. The van der Waals surface area contributed by atoms with Gasteiger partial charge in [0.05, 0.1) is 26.5 Å². The molecule has 0 saturated heterocycles. The zero-order valence-electron chi connectivity index (χ0n) is 15.5. The number of carbonyl (C=O) groups is 1. The van der Waals surface area contributed by atoms with Gasteiger partial charge in [0.1, 0.15) is 23.9 Å². The van der Waals surface area contributed by atoms with Gasteiger partial charge in [-0.05, 0) is 48.9 Å². The van der Waals surface area contributed by atoms with Crippen LogP contribution in [0.25, 0.3) is 0 Å². The van der Waals surface area contributed by atoms with Crippen LogP contribution in [-0.2, 0) is 4.79 Å². The highest BCUT2D eigenvalue weighted by molar-refractivity contribution is 5.76. The minimum absolute atomic E-state index is 0.0255. The first kappa shape index (κ1) is 19.4. The van der Waals surface area contributed by atoms with Crippen molar-refractivity contribution in [1.29, 1.82) is 0 Å². The molecule has 6 nitrogen and oxygen atoms in total. The molecule has 0 radical (unpaired) electrons. The van der Waals surface area contributed by atoms with E-state index in [1.54, 1.807) is 14.2 Å². The van der Waals surface area contributed by atoms with E-state index in [2.05, 4.69) is 10.6 Å². The number of hydrogen-bond donors (Lipinski definition) is 2. The van der Waals surface area contributed by atoms with Crippen molar-refractivity contribution in [2.24, 2.45) is 0 Å². The average Bonchev–Trinajstić information content (AvgIpc) is 2.66. The van der Waals surface area contributed by atoms with Crippen LogP contribution >= 0.6 is 0 Å². The Morgan fingerprint density at radius 3 is 2.38 bits per heavy atom. The lowest BCUT2D eigenvalue weighted by Gasteiger charge is -2.12. The predicted molar refractivity (Wildman–Crippen MR) is 102 cm³/mol. The number of ether oxygens (including phenoxy) is 3. The van der Waals surface area contributed by atoms with E-state index in [0.29, 0.717) is 26.1 Å². The molecule has 0 aromatic heterocycles. The fraction of sp³-hybridized carbons (Fsp3) is 0.350. The van der Waals surface area contributed by atoms with Crippen LogP contribution < -0.4 is 24.8 Å². The number of anilines is 1. The summed E-state index contributed by atoms with van der Waals surface area (Å²) in [5.74, 6) is 2.27. The Hall–Kier alpha value is -2.89. The second-order valence-electron chi connectivity index (χ2n) is 5.75. The highest BCUT2D eigenvalue weighted by Crippen LogP contribution is 2.24. The summed E-state index contributed by atoms with van der Waals surface area (Å²) in [5.41, 5.74) is 2.02. The smallest absolute Gasteiger partial charge is 0.221 e. The SMILES string of the molecule is COc1ccc(OCCNC(=O)CCNc2cc(C)ccc2OC)cc1. The number of methoxy groups -OCH3 is 2. The van der Waals surface area contributed by atoms with Gasteiger partial charge in [-0.15, -0.1) is 0 Å². The summed E-state index contributed by atoms with van der Waals surface area (Å²) in [6, 6.07) is 13.2. The fourth-order valence-corrected chi connectivity index (χ4v) is 2.39. The van der Waals surface area contributed by atoms with E-state index in [9.17, 15) is 4.79 Å². The van der Waals surface area contributed by atoms with Crippen LogP contribution in [0.1, 0.15) is 12.0 Å². The van der Waals surface area contributed by atoms with Crippen LogP contribution in [0.3, 0.4) is 0 Å². The molecule has 0 heterocycles. The molecule has 140 valence electrons. The summed E-state index contributed by atoms with van der Waals surface area (Å²) in [7, 11) is 3.25. The number of nitrogens with one attached hydrogen (secondary N) is 2. The summed E-state index contributed by atoms with van der Waals surface area (Å²) >= 11 is 0. The number of benzene rings is 2. The topological polar surface area (TPSA) is 68.8 Å². The third-order valence-corrected chi connectivity index (χ3v) is 3.77. The monoisotopic (exact) mass is 358 g/mol. The molecule has 0 bridgehead atoms. The predicted octanol–water partition coefficient (Wildman–Crippen LogP) is 3.01. The summed E-state index contributed by atoms with van der Waals surface area (Å²) in [5, 5.41) is 6.08. The standard InChI is InChI=1S/C20H26N2O4/c1-15-4-9-19(25-3)18(14-15)21-11-10-20(23)22-12-13-26-17-7-5-16(24-2)6-8-17/h4-9,14,21H,10-13H2,1-3H3,(H,22,23). The maximum Gasteiger partial charge on any atom is 0.221 e. The molecule has 0 aliphatic rings. The Morgan fingerprint density at radius 1 is 0.962 bits per heavy atom. The molecule has 0 atom stereocenters. The van der Waals surface area contributed by atoms with Gasteiger partial charge < -0.3 is 24.8 Å². The molecule has 0 spiro atoms. The van der Waals surface area contributed by atoms with Crippen molar-refractivity contribution in [3.63, 3.8) is 0 Å². The molecule has 0 fully saturated rings. The number of hydrogen-bond acceptors (Lipinski definition) is 5. The van der Waals surface area contributed by atoms with Crippen molar-refractivity contribution in [1.82, 2.24) is 5.32 Å². The van der Waals surface area contributed by atoms with Crippen LogP contribution in [0, 0.1) is 6.92 Å².